The minimum atomic E-state index is -3.84. The molecule has 7 nitrogen and oxygen atoms in total. The third-order valence-electron chi connectivity index (χ3n) is 3.29. The zero-order chi connectivity index (χ0) is 14.9. The molecule has 110 valence electrons. The molecule has 1 fully saturated rings. The molecule has 20 heavy (non-hydrogen) atoms. The van der Waals surface area contributed by atoms with Crippen LogP contribution < -0.4 is 21.1 Å². The number of nitrogens with one attached hydrogen (secondary N) is 1. The van der Waals surface area contributed by atoms with E-state index in [9.17, 15) is 13.2 Å². The Balaban J connectivity index is 2.25. The molecule has 0 radical (unpaired) electrons. The molecule has 1 heterocycles. The van der Waals surface area contributed by atoms with Gasteiger partial charge in [0, 0.05) is 26.1 Å². The van der Waals surface area contributed by atoms with Crippen molar-refractivity contribution in [3.63, 3.8) is 0 Å². The fraction of sp³-hybridized carbons (Fsp3) is 0.417. The van der Waals surface area contributed by atoms with Crippen LogP contribution in [0.4, 0.5) is 11.4 Å². The molecule has 1 aromatic carbocycles. The lowest BCUT2D eigenvalue weighted by molar-refractivity contribution is -0.119. The Morgan fingerprint density at radius 3 is 2.75 bits per heavy atom. The monoisotopic (exact) mass is 298 g/mol. The van der Waals surface area contributed by atoms with Crippen molar-refractivity contribution >= 4 is 27.3 Å². The van der Waals surface area contributed by atoms with Crippen LogP contribution in [0.2, 0.25) is 0 Å². The van der Waals surface area contributed by atoms with E-state index in [0.717, 1.165) is 6.42 Å². The van der Waals surface area contributed by atoms with Crippen LogP contribution in [-0.4, -0.2) is 33.5 Å². The van der Waals surface area contributed by atoms with Gasteiger partial charge >= 0.3 is 0 Å². The number of hydrogen-bond donors (Lipinski definition) is 3. The zero-order valence-corrected chi connectivity index (χ0v) is 12.0. The van der Waals surface area contributed by atoms with Gasteiger partial charge in [0.1, 0.15) is 4.90 Å². The Hall–Kier alpha value is -1.80. The number of nitrogens with zero attached hydrogens (tertiary/aromatic N) is 1. The molecular formula is C12H18N4O3S. The Morgan fingerprint density at radius 1 is 1.45 bits per heavy atom. The second kappa shape index (κ2) is 5.29. The number of nitrogens with two attached hydrogens (primary N) is 2. The Labute approximate surface area is 118 Å². The number of sulfonamides is 1. The standard InChI is InChI=1S/C12H18N4O3S/c1-8(17)15-9-5-6-16(7-9)10-3-2-4-11(12(10)13)20(14,18)19/h2-4,9H,5-7,13H2,1H3,(H,15,17)(H2,14,18,19). The molecule has 0 bridgehead atoms. The lowest BCUT2D eigenvalue weighted by Gasteiger charge is -2.21. The first-order chi connectivity index (χ1) is 9.29. The summed E-state index contributed by atoms with van der Waals surface area (Å²) in [6, 6.07) is 4.79. The summed E-state index contributed by atoms with van der Waals surface area (Å²) in [4.78, 5) is 12.9. The van der Waals surface area contributed by atoms with Gasteiger partial charge in [0.2, 0.25) is 15.9 Å². The average Bonchev–Trinajstić information content (AvgIpc) is 2.75. The summed E-state index contributed by atoms with van der Waals surface area (Å²) < 4.78 is 22.9. The highest BCUT2D eigenvalue weighted by molar-refractivity contribution is 7.89. The SMILES string of the molecule is CC(=O)NC1CCN(c2cccc(S(N)(=O)=O)c2N)C1. The molecular weight excluding hydrogens is 280 g/mol. The summed E-state index contributed by atoms with van der Waals surface area (Å²) in [5.41, 5.74) is 6.69. The molecule has 2 rings (SSSR count). The second-order valence-corrected chi connectivity index (χ2v) is 6.40. The van der Waals surface area contributed by atoms with Crippen molar-refractivity contribution in [3.8, 4) is 0 Å². The van der Waals surface area contributed by atoms with E-state index in [1.165, 1.54) is 13.0 Å². The molecule has 0 spiro atoms. The fourth-order valence-electron chi connectivity index (χ4n) is 2.44. The molecule has 8 heteroatoms. The third kappa shape index (κ3) is 3.02. The predicted molar refractivity (Wildman–Crippen MR) is 76.7 cm³/mol. The summed E-state index contributed by atoms with van der Waals surface area (Å²) >= 11 is 0. The van der Waals surface area contributed by atoms with E-state index in [1.54, 1.807) is 12.1 Å². The van der Waals surface area contributed by atoms with Gasteiger partial charge in [-0.3, -0.25) is 4.79 Å². The van der Waals surface area contributed by atoms with Crippen LogP contribution in [0.1, 0.15) is 13.3 Å². The average molecular weight is 298 g/mol. The van der Waals surface area contributed by atoms with Gasteiger partial charge in [0.05, 0.1) is 11.4 Å². The molecule has 0 aliphatic carbocycles. The topological polar surface area (TPSA) is 119 Å². The first kappa shape index (κ1) is 14.6. The van der Waals surface area contributed by atoms with E-state index in [4.69, 9.17) is 10.9 Å². The smallest absolute Gasteiger partial charge is 0.240 e. The highest BCUT2D eigenvalue weighted by Gasteiger charge is 2.26. The predicted octanol–water partition coefficient (Wildman–Crippen LogP) is -0.369. The molecule has 0 aromatic heterocycles. The van der Waals surface area contributed by atoms with Crippen molar-refractivity contribution < 1.29 is 13.2 Å². The van der Waals surface area contributed by atoms with Gasteiger partial charge in [0.15, 0.2) is 0 Å². The summed E-state index contributed by atoms with van der Waals surface area (Å²) in [5.74, 6) is -0.0805. The van der Waals surface area contributed by atoms with E-state index < -0.39 is 10.0 Å². The van der Waals surface area contributed by atoms with E-state index in [2.05, 4.69) is 5.32 Å². The minimum absolute atomic E-state index is 0.0463. The number of para-hydroxylation sites is 1. The van der Waals surface area contributed by atoms with Crippen molar-refractivity contribution in [3.05, 3.63) is 18.2 Å². The van der Waals surface area contributed by atoms with Crippen LogP contribution in [0, 0.1) is 0 Å². The molecule has 1 atom stereocenters. The Morgan fingerprint density at radius 2 is 2.15 bits per heavy atom. The van der Waals surface area contributed by atoms with Crippen molar-refractivity contribution in [2.45, 2.75) is 24.3 Å². The number of rotatable bonds is 3. The van der Waals surface area contributed by atoms with Gasteiger partial charge in [0.25, 0.3) is 0 Å². The number of carbonyl (C=O) groups excluding carboxylic acids is 1. The second-order valence-electron chi connectivity index (χ2n) is 4.87. The van der Waals surface area contributed by atoms with Crippen LogP contribution in [0.25, 0.3) is 0 Å². The maximum absolute atomic E-state index is 11.5. The van der Waals surface area contributed by atoms with Gasteiger partial charge in [-0.2, -0.15) is 0 Å². The maximum atomic E-state index is 11.5. The van der Waals surface area contributed by atoms with Gasteiger partial charge in [-0.05, 0) is 18.6 Å². The van der Waals surface area contributed by atoms with E-state index in [1.807, 2.05) is 4.90 Å². The number of benzene rings is 1. The first-order valence-electron chi connectivity index (χ1n) is 6.22. The number of amides is 1. The number of nitrogen functional groups attached to an aromatic ring is 1. The summed E-state index contributed by atoms with van der Waals surface area (Å²) in [6.45, 7) is 2.76. The van der Waals surface area contributed by atoms with E-state index in [0.29, 0.717) is 18.8 Å². The molecule has 1 aliphatic heterocycles. The zero-order valence-electron chi connectivity index (χ0n) is 11.2. The number of hydrogen-bond acceptors (Lipinski definition) is 5. The van der Waals surface area contributed by atoms with E-state index >= 15 is 0 Å². The Kier molecular flexibility index (Phi) is 3.87. The lowest BCUT2D eigenvalue weighted by Crippen LogP contribution is -2.35. The van der Waals surface area contributed by atoms with Gasteiger partial charge in [-0.25, -0.2) is 13.6 Å². The number of carbonyl (C=O) groups is 1. The van der Waals surface area contributed by atoms with Gasteiger partial charge in [-0.15, -0.1) is 0 Å². The van der Waals surface area contributed by atoms with Crippen LogP contribution in [0.3, 0.4) is 0 Å². The minimum Gasteiger partial charge on any atom is -0.396 e. The molecule has 1 aromatic rings. The number of primary sulfonamides is 1. The summed E-state index contributed by atoms with van der Waals surface area (Å²) in [5, 5.41) is 7.98. The van der Waals surface area contributed by atoms with Gasteiger partial charge in [-0.1, -0.05) is 6.07 Å². The van der Waals surface area contributed by atoms with Crippen molar-refractivity contribution in [1.29, 1.82) is 0 Å². The quantitative estimate of drug-likeness (QED) is 0.658. The third-order valence-corrected chi connectivity index (χ3v) is 4.26. The Bertz CT molecular complexity index is 630. The largest absolute Gasteiger partial charge is 0.396 e. The molecule has 1 unspecified atom stereocenters. The summed E-state index contributed by atoms with van der Waals surface area (Å²) in [7, 11) is -3.84. The van der Waals surface area contributed by atoms with Crippen LogP contribution >= 0.6 is 0 Å². The van der Waals surface area contributed by atoms with Gasteiger partial charge < -0.3 is 16.0 Å². The first-order valence-corrected chi connectivity index (χ1v) is 7.77. The highest BCUT2D eigenvalue weighted by atomic mass is 32.2. The lowest BCUT2D eigenvalue weighted by atomic mass is 10.2. The van der Waals surface area contributed by atoms with E-state index in [-0.39, 0.29) is 22.5 Å². The van der Waals surface area contributed by atoms with Crippen LogP contribution in [0.15, 0.2) is 23.1 Å². The molecule has 0 saturated carbocycles. The fourth-order valence-corrected chi connectivity index (χ4v) is 3.12. The van der Waals surface area contributed by atoms with Crippen molar-refractivity contribution in [2.75, 3.05) is 23.7 Å². The van der Waals surface area contributed by atoms with Crippen molar-refractivity contribution in [2.24, 2.45) is 5.14 Å². The van der Waals surface area contributed by atoms with Crippen LogP contribution in [0.5, 0.6) is 0 Å². The highest BCUT2D eigenvalue weighted by Crippen LogP contribution is 2.31. The van der Waals surface area contributed by atoms with Crippen molar-refractivity contribution in [1.82, 2.24) is 5.32 Å². The molecule has 5 N–H and O–H groups in total. The summed E-state index contributed by atoms with van der Waals surface area (Å²) in [6.07, 6.45) is 0.790. The molecule has 1 amide bonds. The number of anilines is 2. The van der Waals surface area contributed by atoms with Crippen LogP contribution in [-0.2, 0) is 14.8 Å². The maximum Gasteiger partial charge on any atom is 0.240 e. The normalized spacial score (nSPS) is 19.1. The molecule has 1 saturated heterocycles. The molecule has 1 aliphatic rings.